The summed E-state index contributed by atoms with van der Waals surface area (Å²) >= 11 is 0. The Hall–Kier alpha value is -1.06. The molecule has 1 aromatic carbocycles. The highest BCUT2D eigenvalue weighted by Gasteiger charge is 2.20. The molecule has 1 aliphatic heterocycles. The molecule has 3 heteroatoms. The van der Waals surface area contributed by atoms with Gasteiger partial charge in [0.1, 0.15) is 11.9 Å². The van der Waals surface area contributed by atoms with Crippen molar-refractivity contribution in [3.63, 3.8) is 0 Å². The summed E-state index contributed by atoms with van der Waals surface area (Å²) in [5.74, 6) is 0.917. The lowest BCUT2D eigenvalue weighted by Crippen LogP contribution is -2.14. The van der Waals surface area contributed by atoms with Crippen molar-refractivity contribution in [1.82, 2.24) is 0 Å². The molecule has 1 heterocycles. The fraction of sp³-hybridized carbons (Fsp3) is 0.538. The Kier molecular flexibility index (Phi) is 4.19. The van der Waals surface area contributed by atoms with Crippen molar-refractivity contribution < 1.29 is 14.5 Å². The summed E-state index contributed by atoms with van der Waals surface area (Å²) in [6, 6.07) is 8.03. The topological polar surface area (TPSA) is 27.7 Å². The van der Waals surface area contributed by atoms with Crippen molar-refractivity contribution in [2.45, 2.75) is 32.3 Å². The van der Waals surface area contributed by atoms with Crippen molar-refractivity contribution in [3.8, 4) is 5.75 Å². The number of hydrogen-bond donors (Lipinski definition) is 0. The lowest BCUT2D eigenvalue weighted by atomic mass is 10.0. The zero-order valence-electron chi connectivity index (χ0n) is 9.65. The lowest BCUT2D eigenvalue weighted by Gasteiger charge is -2.23. The van der Waals surface area contributed by atoms with Crippen LogP contribution in [0.15, 0.2) is 24.3 Å². The third-order valence-electron chi connectivity index (χ3n) is 2.61. The maximum Gasteiger partial charge on any atom is 0.125 e. The van der Waals surface area contributed by atoms with Crippen LogP contribution in [-0.4, -0.2) is 13.2 Å². The minimum absolute atomic E-state index is 0.0156. The van der Waals surface area contributed by atoms with E-state index >= 15 is 0 Å². The molecular weight excluding hydrogens is 204 g/mol. The monoisotopic (exact) mass is 222 g/mol. The van der Waals surface area contributed by atoms with Crippen LogP contribution in [0.2, 0.25) is 0 Å². The van der Waals surface area contributed by atoms with Crippen LogP contribution < -0.4 is 4.74 Å². The van der Waals surface area contributed by atoms with Gasteiger partial charge in [-0.1, -0.05) is 25.1 Å². The predicted octanol–water partition coefficient (Wildman–Crippen LogP) is 3.26. The normalized spacial score (nSPS) is 20.7. The zero-order chi connectivity index (χ0) is 11.2. The van der Waals surface area contributed by atoms with E-state index in [0.717, 1.165) is 37.2 Å². The summed E-state index contributed by atoms with van der Waals surface area (Å²) in [5.41, 5.74) is 1.09. The van der Waals surface area contributed by atoms with E-state index in [9.17, 15) is 0 Å². The predicted molar refractivity (Wildman–Crippen MR) is 61.2 cm³/mol. The maximum atomic E-state index is 5.70. The van der Waals surface area contributed by atoms with E-state index in [1.165, 1.54) is 0 Å². The summed E-state index contributed by atoms with van der Waals surface area (Å²) in [6.07, 6.45) is 3.05. The van der Waals surface area contributed by atoms with Crippen LogP contribution >= 0.6 is 0 Å². The van der Waals surface area contributed by atoms with Gasteiger partial charge in [0, 0.05) is 5.56 Å². The van der Waals surface area contributed by atoms with Gasteiger partial charge in [0.25, 0.3) is 0 Å². The summed E-state index contributed by atoms with van der Waals surface area (Å²) < 4.78 is 5.70. The molecule has 1 aromatic rings. The standard InChI is InChI=1S/C13H18O3/c1-2-9-14-12-7-4-3-6-11(12)13-8-5-10-15-16-13/h3-4,6-7,13H,2,5,8-10H2,1H3. The van der Waals surface area contributed by atoms with E-state index in [1.807, 2.05) is 24.3 Å². The molecule has 0 saturated carbocycles. The largest absolute Gasteiger partial charge is 0.493 e. The summed E-state index contributed by atoms with van der Waals surface area (Å²) in [7, 11) is 0. The molecule has 88 valence electrons. The molecule has 0 radical (unpaired) electrons. The van der Waals surface area contributed by atoms with Crippen LogP contribution in [-0.2, 0) is 9.78 Å². The Morgan fingerprint density at radius 1 is 1.38 bits per heavy atom. The van der Waals surface area contributed by atoms with Crippen LogP contribution in [0.4, 0.5) is 0 Å². The number of benzene rings is 1. The second-order valence-electron chi connectivity index (χ2n) is 3.94. The van der Waals surface area contributed by atoms with Gasteiger partial charge >= 0.3 is 0 Å². The number of ether oxygens (including phenoxy) is 1. The van der Waals surface area contributed by atoms with Gasteiger partial charge in [-0.15, -0.1) is 0 Å². The SMILES string of the molecule is CCCOc1ccccc1C1CCCOO1. The Bertz CT molecular complexity index is 319. The number of para-hydroxylation sites is 1. The Morgan fingerprint density at radius 2 is 2.25 bits per heavy atom. The summed E-state index contributed by atoms with van der Waals surface area (Å²) in [4.78, 5) is 10.3. The molecule has 1 fully saturated rings. The highest BCUT2D eigenvalue weighted by Crippen LogP contribution is 2.33. The van der Waals surface area contributed by atoms with E-state index in [2.05, 4.69) is 6.92 Å². The summed E-state index contributed by atoms with van der Waals surface area (Å²) in [5, 5.41) is 0. The molecule has 0 aliphatic carbocycles. The Labute approximate surface area is 96.3 Å². The van der Waals surface area contributed by atoms with Crippen molar-refractivity contribution in [2.24, 2.45) is 0 Å². The molecule has 2 rings (SSSR count). The Balaban J connectivity index is 2.11. The fourth-order valence-electron chi connectivity index (χ4n) is 1.80. The quantitative estimate of drug-likeness (QED) is 0.732. The molecule has 0 spiro atoms. The van der Waals surface area contributed by atoms with Gasteiger partial charge in [-0.2, -0.15) is 0 Å². The van der Waals surface area contributed by atoms with E-state index in [-0.39, 0.29) is 6.10 Å². The fourth-order valence-corrected chi connectivity index (χ4v) is 1.80. The first-order valence-corrected chi connectivity index (χ1v) is 5.92. The van der Waals surface area contributed by atoms with E-state index in [4.69, 9.17) is 14.5 Å². The van der Waals surface area contributed by atoms with Gasteiger partial charge in [0.05, 0.1) is 13.2 Å². The van der Waals surface area contributed by atoms with Gasteiger partial charge in [0.15, 0.2) is 0 Å². The van der Waals surface area contributed by atoms with Crippen LogP contribution in [0.1, 0.15) is 37.9 Å². The van der Waals surface area contributed by atoms with Crippen molar-refractivity contribution >= 4 is 0 Å². The second kappa shape index (κ2) is 5.87. The highest BCUT2D eigenvalue weighted by molar-refractivity contribution is 5.35. The van der Waals surface area contributed by atoms with E-state index < -0.39 is 0 Å². The molecular formula is C13H18O3. The van der Waals surface area contributed by atoms with Gasteiger partial charge in [-0.05, 0) is 25.3 Å². The molecule has 3 nitrogen and oxygen atoms in total. The van der Waals surface area contributed by atoms with Crippen molar-refractivity contribution in [2.75, 3.05) is 13.2 Å². The lowest BCUT2D eigenvalue weighted by molar-refractivity contribution is -0.348. The first kappa shape index (κ1) is 11.4. The van der Waals surface area contributed by atoms with E-state index in [1.54, 1.807) is 0 Å². The smallest absolute Gasteiger partial charge is 0.125 e. The molecule has 16 heavy (non-hydrogen) atoms. The molecule has 0 N–H and O–H groups in total. The first-order chi connectivity index (χ1) is 7.92. The second-order valence-corrected chi connectivity index (χ2v) is 3.94. The third kappa shape index (κ3) is 2.74. The average Bonchev–Trinajstić information content (AvgIpc) is 2.38. The van der Waals surface area contributed by atoms with Crippen LogP contribution in [0.25, 0.3) is 0 Å². The maximum absolute atomic E-state index is 5.70. The number of rotatable bonds is 4. The zero-order valence-corrected chi connectivity index (χ0v) is 9.65. The molecule has 1 atom stereocenters. The molecule has 1 saturated heterocycles. The molecule has 0 amide bonds. The minimum Gasteiger partial charge on any atom is -0.493 e. The Morgan fingerprint density at radius 3 is 3.00 bits per heavy atom. The first-order valence-electron chi connectivity index (χ1n) is 5.92. The average molecular weight is 222 g/mol. The molecule has 0 bridgehead atoms. The van der Waals surface area contributed by atoms with Gasteiger partial charge in [0.2, 0.25) is 0 Å². The van der Waals surface area contributed by atoms with Gasteiger partial charge < -0.3 is 4.74 Å². The highest BCUT2D eigenvalue weighted by atomic mass is 17.2. The minimum atomic E-state index is 0.0156. The number of hydrogen-bond acceptors (Lipinski definition) is 3. The molecule has 1 aliphatic rings. The van der Waals surface area contributed by atoms with Crippen molar-refractivity contribution in [3.05, 3.63) is 29.8 Å². The summed E-state index contributed by atoms with van der Waals surface area (Å²) in [6.45, 7) is 3.53. The van der Waals surface area contributed by atoms with Crippen molar-refractivity contribution in [1.29, 1.82) is 0 Å². The van der Waals surface area contributed by atoms with Gasteiger partial charge in [-0.3, -0.25) is 0 Å². The van der Waals surface area contributed by atoms with Crippen LogP contribution in [0.3, 0.4) is 0 Å². The van der Waals surface area contributed by atoms with E-state index in [0.29, 0.717) is 6.61 Å². The van der Waals surface area contributed by atoms with Crippen LogP contribution in [0.5, 0.6) is 5.75 Å². The molecule has 1 unspecified atom stereocenters. The molecule has 0 aromatic heterocycles. The van der Waals surface area contributed by atoms with Gasteiger partial charge in [-0.25, -0.2) is 9.78 Å². The third-order valence-corrected chi connectivity index (χ3v) is 2.61. The van der Waals surface area contributed by atoms with Crippen LogP contribution in [0, 0.1) is 0 Å².